The van der Waals surface area contributed by atoms with Crippen LogP contribution < -0.4 is 11.3 Å². The predicted molar refractivity (Wildman–Crippen MR) is 91.1 cm³/mol. The van der Waals surface area contributed by atoms with Gasteiger partial charge in [0, 0.05) is 28.9 Å². The fraction of sp³-hybridized carbons (Fsp3) is 0.0556. The first kappa shape index (κ1) is 15.3. The van der Waals surface area contributed by atoms with Crippen molar-refractivity contribution in [2.45, 2.75) is 6.42 Å². The highest BCUT2D eigenvalue weighted by molar-refractivity contribution is 6.30. The maximum absolute atomic E-state index is 13.9. The Hall–Kier alpha value is -2.59. The molecule has 23 heavy (non-hydrogen) atoms. The number of hydrogen-bond donors (Lipinski definition) is 2. The SMILES string of the molecule is Nc1ccc(-c2c[nH]c(=O)c(Cc3ccc(Cl)cc3F)c2)cc1. The van der Waals surface area contributed by atoms with Crippen LogP contribution >= 0.6 is 11.6 Å². The number of pyridine rings is 1. The van der Waals surface area contributed by atoms with E-state index in [1.807, 2.05) is 12.1 Å². The highest BCUT2D eigenvalue weighted by atomic mass is 35.5. The number of aromatic nitrogens is 1. The number of nitrogens with one attached hydrogen (secondary N) is 1. The van der Waals surface area contributed by atoms with E-state index >= 15 is 0 Å². The van der Waals surface area contributed by atoms with Gasteiger partial charge in [0.2, 0.25) is 0 Å². The Balaban J connectivity index is 1.97. The van der Waals surface area contributed by atoms with E-state index in [0.29, 0.717) is 21.8 Å². The fourth-order valence-electron chi connectivity index (χ4n) is 2.37. The predicted octanol–water partition coefficient (Wildman–Crippen LogP) is 4.01. The molecular weight excluding hydrogens is 315 g/mol. The Morgan fingerprint density at radius 3 is 2.43 bits per heavy atom. The van der Waals surface area contributed by atoms with Gasteiger partial charge in [0.1, 0.15) is 5.82 Å². The van der Waals surface area contributed by atoms with Gasteiger partial charge in [0.25, 0.3) is 5.56 Å². The minimum atomic E-state index is -0.421. The van der Waals surface area contributed by atoms with Crippen LogP contribution in [0.1, 0.15) is 11.1 Å². The van der Waals surface area contributed by atoms with E-state index in [1.165, 1.54) is 6.07 Å². The normalized spacial score (nSPS) is 10.7. The highest BCUT2D eigenvalue weighted by Crippen LogP contribution is 2.22. The number of nitrogens with two attached hydrogens (primary N) is 1. The fourth-order valence-corrected chi connectivity index (χ4v) is 2.53. The molecule has 0 amide bonds. The Morgan fingerprint density at radius 1 is 1.00 bits per heavy atom. The van der Waals surface area contributed by atoms with Crippen LogP contribution in [0.3, 0.4) is 0 Å². The monoisotopic (exact) mass is 328 g/mol. The molecule has 3 aromatic rings. The van der Waals surface area contributed by atoms with Crippen LogP contribution in [0.5, 0.6) is 0 Å². The molecule has 0 saturated carbocycles. The number of rotatable bonds is 3. The Kier molecular flexibility index (Phi) is 4.17. The minimum Gasteiger partial charge on any atom is -0.399 e. The largest absolute Gasteiger partial charge is 0.399 e. The summed E-state index contributed by atoms with van der Waals surface area (Å²) in [6.45, 7) is 0. The molecule has 0 atom stereocenters. The van der Waals surface area contributed by atoms with Gasteiger partial charge in [0.15, 0.2) is 0 Å². The zero-order valence-electron chi connectivity index (χ0n) is 12.1. The smallest absolute Gasteiger partial charge is 0.251 e. The van der Waals surface area contributed by atoms with Crippen molar-refractivity contribution < 1.29 is 4.39 Å². The zero-order valence-corrected chi connectivity index (χ0v) is 12.9. The third-order valence-electron chi connectivity index (χ3n) is 3.62. The lowest BCUT2D eigenvalue weighted by Gasteiger charge is -2.07. The number of nitrogen functional groups attached to an aromatic ring is 1. The summed E-state index contributed by atoms with van der Waals surface area (Å²) < 4.78 is 13.9. The van der Waals surface area contributed by atoms with E-state index in [9.17, 15) is 9.18 Å². The van der Waals surface area contributed by atoms with E-state index in [2.05, 4.69) is 4.98 Å². The lowest BCUT2D eigenvalue weighted by Crippen LogP contribution is -2.13. The maximum Gasteiger partial charge on any atom is 0.251 e. The zero-order chi connectivity index (χ0) is 16.4. The first-order valence-electron chi connectivity index (χ1n) is 7.04. The second kappa shape index (κ2) is 6.26. The van der Waals surface area contributed by atoms with Crippen molar-refractivity contribution in [1.82, 2.24) is 4.98 Å². The van der Waals surface area contributed by atoms with Crippen molar-refractivity contribution in [3.63, 3.8) is 0 Å². The molecule has 3 rings (SSSR count). The number of hydrogen-bond acceptors (Lipinski definition) is 2. The summed E-state index contributed by atoms with van der Waals surface area (Å²) in [5.41, 5.74) is 8.79. The van der Waals surface area contributed by atoms with Crippen molar-refractivity contribution in [1.29, 1.82) is 0 Å². The van der Waals surface area contributed by atoms with Crippen LogP contribution in [-0.2, 0) is 6.42 Å². The number of halogens is 2. The topological polar surface area (TPSA) is 58.9 Å². The van der Waals surface area contributed by atoms with Crippen LogP contribution in [0.25, 0.3) is 11.1 Å². The molecule has 3 N–H and O–H groups in total. The third kappa shape index (κ3) is 3.43. The van der Waals surface area contributed by atoms with Gasteiger partial charge >= 0.3 is 0 Å². The molecule has 0 aliphatic carbocycles. The van der Waals surface area contributed by atoms with Gasteiger partial charge in [-0.1, -0.05) is 29.8 Å². The molecule has 5 heteroatoms. The summed E-state index contributed by atoms with van der Waals surface area (Å²) >= 11 is 5.75. The van der Waals surface area contributed by atoms with Crippen LogP contribution in [0.4, 0.5) is 10.1 Å². The standard InChI is InChI=1S/C18H14ClFN2O/c19-15-4-1-12(17(20)9-15)7-13-8-14(10-22-18(13)23)11-2-5-16(21)6-3-11/h1-6,8-10H,7,21H2,(H,22,23). The van der Waals surface area contributed by atoms with Gasteiger partial charge in [-0.15, -0.1) is 0 Å². The van der Waals surface area contributed by atoms with Crippen molar-refractivity contribution in [2.75, 3.05) is 5.73 Å². The van der Waals surface area contributed by atoms with Gasteiger partial charge < -0.3 is 10.7 Å². The maximum atomic E-state index is 13.9. The Bertz CT molecular complexity index is 904. The molecule has 0 unspecified atom stereocenters. The highest BCUT2D eigenvalue weighted by Gasteiger charge is 2.09. The lowest BCUT2D eigenvalue weighted by atomic mass is 10.0. The van der Waals surface area contributed by atoms with Crippen LogP contribution in [-0.4, -0.2) is 4.98 Å². The molecule has 3 nitrogen and oxygen atoms in total. The van der Waals surface area contributed by atoms with Crippen molar-refractivity contribution >= 4 is 17.3 Å². The average molecular weight is 329 g/mol. The van der Waals surface area contributed by atoms with E-state index in [1.54, 1.807) is 36.5 Å². The van der Waals surface area contributed by atoms with Gasteiger partial charge in [-0.3, -0.25) is 4.79 Å². The van der Waals surface area contributed by atoms with Gasteiger partial charge in [0.05, 0.1) is 0 Å². The molecule has 0 spiro atoms. The molecule has 0 saturated heterocycles. The second-order valence-electron chi connectivity index (χ2n) is 5.28. The summed E-state index contributed by atoms with van der Waals surface area (Å²) in [5, 5.41) is 0.329. The van der Waals surface area contributed by atoms with Crippen LogP contribution in [0, 0.1) is 5.82 Å². The van der Waals surface area contributed by atoms with Crippen LogP contribution in [0.2, 0.25) is 5.02 Å². The molecule has 0 fully saturated rings. The number of aromatic amines is 1. The molecule has 0 aliphatic heterocycles. The molecule has 0 radical (unpaired) electrons. The van der Waals surface area contributed by atoms with Gasteiger partial charge in [-0.2, -0.15) is 0 Å². The Labute approximate surface area is 137 Å². The molecule has 1 heterocycles. The molecule has 1 aromatic heterocycles. The quantitative estimate of drug-likeness (QED) is 0.714. The second-order valence-corrected chi connectivity index (χ2v) is 5.71. The van der Waals surface area contributed by atoms with E-state index in [0.717, 1.165) is 11.1 Å². The summed E-state index contributed by atoms with van der Waals surface area (Å²) in [4.78, 5) is 14.7. The first-order chi connectivity index (χ1) is 11.0. The first-order valence-corrected chi connectivity index (χ1v) is 7.42. The van der Waals surface area contributed by atoms with Gasteiger partial charge in [-0.25, -0.2) is 4.39 Å². The van der Waals surface area contributed by atoms with Crippen LogP contribution in [0.15, 0.2) is 59.5 Å². The van der Waals surface area contributed by atoms with Crippen molar-refractivity contribution in [3.05, 3.63) is 87.0 Å². The molecule has 0 bridgehead atoms. The molecule has 2 aromatic carbocycles. The molecular formula is C18H14ClFN2O. The molecule has 116 valence electrons. The Morgan fingerprint density at radius 2 is 1.74 bits per heavy atom. The van der Waals surface area contributed by atoms with E-state index in [-0.39, 0.29) is 12.0 Å². The minimum absolute atomic E-state index is 0.196. The summed E-state index contributed by atoms with van der Waals surface area (Å²) in [6.07, 6.45) is 1.83. The third-order valence-corrected chi connectivity index (χ3v) is 3.86. The average Bonchev–Trinajstić information content (AvgIpc) is 2.53. The molecule has 0 aliphatic rings. The van der Waals surface area contributed by atoms with Crippen molar-refractivity contribution in [3.8, 4) is 11.1 Å². The summed E-state index contributed by atoms with van der Waals surface area (Å²) in [7, 11) is 0. The summed E-state index contributed by atoms with van der Waals surface area (Å²) in [5.74, 6) is -0.421. The van der Waals surface area contributed by atoms with E-state index < -0.39 is 5.82 Å². The number of anilines is 1. The summed E-state index contributed by atoms with van der Waals surface area (Å²) in [6, 6.07) is 13.5. The van der Waals surface area contributed by atoms with Gasteiger partial charge in [-0.05, 0) is 47.0 Å². The lowest BCUT2D eigenvalue weighted by molar-refractivity contribution is 0.614. The van der Waals surface area contributed by atoms with Crippen molar-refractivity contribution in [2.24, 2.45) is 0 Å². The number of H-pyrrole nitrogens is 1. The number of benzene rings is 2. The van der Waals surface area contributed by atoms with E-state index in [4.69, 9.17) is 17.3 Å².